The zero-order valence-corrected chi connectivity index (χ0v) is 13.9. The number of nitrogens with zero attached hydrogens (tertiary/aromatic N) is 2. The Bertz CT molecular complexity index is 620. The van der Waals surface area contributed by atoms with Gasteiger partial charge < -0.3 is 10.3 Å². The van der Waals surface area contributed by atoms with Crippen LogP contribution in [0.2, 0.25) is 10.0 Å². The minimum Gasteiger partial charge on any atom is -0.339 e. The highest BCUT2D eigenvalue weighted by atomic mass is 35.5. The van der Waals surface area contributed by atoms with E-state index in [1.54, 1.807) is 12.1 Å². The van der Waals surface area contributed by atoms with Gasteiger partial charge in [0.25, 0.3) is 0 Å². The van der Waals surface area contributed by atoms with E-state index in [9.17, 15) is 0 Å². The lowest BCUT2D eigenvalue weighted by Gasteiger charge is -2.22. The van der Waals surface area contributed by atoms with Crippen LogP contribution in [0.3, 0.4) is 0 Å². The summed E-state index contributed by atoms with van der Waals surface area (Å²) >= 11 is 11.9. The molecule has 0 amide bonds. The van der Waals surface area contributed by atoms with E-state index in [1.165, 1.54) is 0 Å². The SMILES string of the molecule is CC(C)(C)CC(CN)c1nc(-c2ccc(Cl)c(Cl)c2)no1. The van der Waals surface area contributed by atoms with Gasteiger partial charge in [-0.1, -0.05) is 49.1 Å². The molecule has 0 spiro atoms. The van der Waals surface area contributed by atoms with E-state index in [4.69, 9.17) is 33.5 Å². The molecular weight excluding hydrogens is 309 g/mol. The Morgan fingerprint density at radius 3 is 2.52 bits per heavy atom. The Morgan fingerprint density at radius 1 is 1.24 bits per heavy atom. The number of aromatic nitrogens is 2. The molecule has 114 valence electrons. The molecule has 0 aliphatic heterocycles. The topological polar surface area (TPSA) is 64.9 Å². The van der Waals surface area contributed by atoms with Crippen LogP contribution >= 0.6 is 23.2 Å². The smallest absolute Gasteiger partial charge is 0.231 e. The van der Waals surface area contributed by atoms with E-state index in [0.29, 0.717) is 28.3 Å². The molecule has 1 aromatic heterocycles. The summed E-state index contributed by atoms with van der Waals surface area (Å²) in [6.45, 7) is 6.95. The minimum absolute atomic E-state index is 0.0500. The van der Waals surface area contributed by atoms with Gasteiger partial charge in [0.05, 0.1) is 16.0 Å². The van der Waals surface area contributed by atoms with E-state index in [2.05, 4.69) is 30.9 Å². The van der Waals surface area contributed by atoms with Gasteiger partial charge in [-0.05, 0) is 30.0 Å². The Balaban J connectivity index is 2.25. The van der Waals surface area contributed by atoms with Crippen molar-refractivity contribution in [1.29, 1.82) is 0 Å². The van der Waals surface area contributed by atoms with E-state index in [-0.39, 0.29) is 11.3 Å². The van der Waals surface area contributed by atoms with Gasteiger partial charge in [-0.3, -0.25) is 0 Å². The number of rotatable bonds is 4. The van der Waals surface area contributed by atoms with Gasteiger partial charge in [-0.2, -0.15) is 4.98 Å². The fraction of sp³-hybridized carbons (Fsp3) is 0.467. The Hall–Kier alpha value is -1.10. The molecule has 6 heteroatoms. The van der Waals surface area contributed by atoms with Crippen molar-refractivity contribution < 1.29 is 4.52 Å². The van der Waals surface area contributed by atoms with Crippen LogP contribution in [-0.4, -0.2) is 16.7 Å². The van der Waals surface area contributed by atoms with Crippen molar-refractivity contribution in [3.05, 3.63) is 34.1 Å². The fourth-order valence-electron chi connectivity index (χ4n) is 2.16. The van der Waals surface area contributed by atoms with Crippen molar-refractivity contribution in [1.82, 2.24) is 10.1 Å². The third-order valence-corrected chi connectivity index (χ3v) is 3.85. The predicted molar refractivity (Wildman–Crippen MR) is 85.6 cm³/mol. The fourth-order valence-corrected chi connectivity index (χ4v) is 2.46. The van der Waals surface area contributed by atoms with Gasteiger partial charge in [-0.25, -0.2) is 0 Å². The van der Waals surface area contributed by atoms with Crippen LogP contribution in [0.5, 0.6) is 0 Å². The molecule has 2 N–H and O–H groups in total. The molecule has 0 saturated carbocycles. The average Bonchev–Trinajstić information content (AvgIpc) is 2.87. The van der Waals surface area contributed by atoms with Crippen LogP contribution < -0.4 is 5.73 Å². The van der Waals surface area contributed by atoms with Gasteiger partial charge in [0, 0.05) is 12.1 Å². The average molecular weight is 328 g/mol. The van der Waals surface area contributed by atoms with Crippen LogP contribution in [0.4, 0.5) is 0 Å². The normalized spacial score (nSPS) is 13.4. The molecule has 2 aromatic rings. The first-order valence-electron chi connectivity index (χ1n) is 6.79. The molecule has 0 aliphatic rings. The van der Waals surface area contributed by atoms with E-state index in [1.807, 2.05) is 6.07 Å². The first-order valence-corrected chi connectivity index (χ1v) is 7.55. The summed E-state index contributed by atoms with van der Waals surface area (Å²) in [7, 11) is 0. The highest BCUT2D eigenvalue weighted by Gasteiger charge is 2.24. The summed E-state index contributed by atoms with van der Waals surface area (Å²) in [5, 5.41) is 4.97. The first-order chi connectivity index (χ1) is 9.80. The molecular formula is C15H19Cl2N3O. The van der Waals surface area contributed by atoms with Crippen LogP contribution in [0.25, 0.3) is 11.4 Å². The van der Waals surface area contributed by atoms with Crippen LogP contribution in [0.15, 0.2) is 22.7 Å². The van der Waals surface area contributed by atoms with Gasteiger partial charge >= 0.3 is 0 Å². The Kier molecular flexibility index (Phi) is 4.91. The zero-order valence-electron chi connectivity index (χ0n) is 12.4. The summed E-state index contributed by atoms with van der Waals surface area (Å²) in [5.74, 6) is 1.11. The van der Waals surface area contributed by atoms with Gasteiger partial charge in [0.15, 0.2) is 0 Å². The van der Waals surface area contributed by atoms with Crippen molar-refractivity contribution in [3.63, 3.8) is 0 Å². The minimum atomic E-state index is 0.0500. The molecule has 2 rings (SSSR count). The third kappa shape index (κ3) is 4.19. The van der Waals surface area contributed by atoms with Crippen molar-refractivity contribution in [2.45, 2.75) is 33.1 Å². The molecule has 0 aliphatic carbocycles. The molecule has 21 heavy (non-hydrogen) atoms. The van der Waals surface area contributed by atoms with Crippen LogP contribution in [0.1, 0.15) is 39.0 Å². The summed E-state index contributed by atoms with van der Waals surface area (Å²) in [6.07, 6.45) is 0.881. The lowest BCUT2D eigenvalue weighted by atomic mass is 9.84. The standard InChI is InChI=1S/C15H19Cl2N3O/c1-15(2,3)7-10(8-18)14-19-13(20-21-14)9-4-5-11(16)12(17)6-9/h4-6,10H,7-8,18H2,1-3H3. The summed E-state index contributed by atoms with van der Waals surface area (Å²) < 4.78 is 5.37. The van der Waals surface area contributed by atoms with Gasteiger partial charge in [-0.15, -0.1) is 0 Å². The maximum Gasteiger partial charge on any atom is 0.231 e. The van der Waals surface area contributed by atoms with Gasteiger partial charge in [0.2, 0.25) is 11.7 Å². The molecule has 4 nitrogen and oxygen atoms in total. The lowest BCUT2D eigenvalue weighted by molar-refractivity contribution is 0.287. The first kappa shape index (κ1) is 16.3. The van der Waals surface area contributed by atoms with E-state index >= 15 is 0 Å². The summed E-state index contributed by atoms with van der Waals surface area (Å²) in [4.78, 5) is 4.45. The van der Waals surface area contributed by atoms with Gasteiger partial charge in [0.1, 0.15) is 0 Å². The maximum atomic E-state index is 6.01. The number of hydrogen-bond acceptors (Lipinski definition) is 4. The molecule has 0 radical (unpaired) electrons. The maximum absolute atomic E-state index is 6.01. The summed E-state index contributed by atoms with van der Waals surface area (Å²) in [5.41, 5.74) is 6.75. The second-order valence-corrected chi connectivity index (χ2v) is 7.10. The number of nitrogens with two attached hydrogens (primary N) is 1. The summed E-state index contributed by atoms with van der Waals surface area (Å²) in [6, 6.07) is 5.24. The second-order valence-electron chi connectivity index (χ2n) is 6.28. The Labute approximate surface area is 134 Å². The van der Waals surface area contributed by atoms with Crippen LogP contribution in [0, 0.1) is 5.41 Å². The van der Waals surface area contributed by atoms with Crippen LogP contribution in [-0.2, 0) is 0 Å². The quantitative estimate of drug-likeness (QED) is 0.896. The lowest BCUT2D eigenvalue weighted by Crippen LogP contribution is -2.19. The monoisotopic (exact) mass is 327 g/mol. The highest BCUT2D eigenvalue weighted by molar-refractivity contribution is 6.42. The van der Waals surface area contributed by atoms with Crippen molar-refractivity contribution >= 4 is 23.2 Å². The molecule has 0 bridgehead atoms. The third-order valence-electron chi connectivity index (χ3n) is 3.11. The van der Waals surface area contributed by atoms with Crippen molar-refractivity contribution in [3.8, 4) is 11.4 Å². The molecule has 1 atom stereocenters. The molecule has 1 heterocycles. The van der Waals surface area contributed by atoms with E-state index in [0.717, 1.165) is 12.0 Å². The second kappa shape index (κ2) is 6.34. The number of halogens is 2. The van der Waals surface area contributed by atoms with E-state index < -0.39 is 0 Å². The number of hydrogen-bond donors (Lipinski definition) is 1. The van der Waals surface area contributed by atoms with Crippen molar-refractivity contribution in [2.75, 3.05) is 6.54 Å². The molecule has 0 fully saturated rings. The zero-order chi connectivity index (χ0) is 15.6. The molecule has 0 saturated heterocycles. The highest BCUT2D eigenvalue weighted by Crippen LogP contribution is 2.31. The Morgan fingerprint density at radius 2 is 1.95 bits per heavy atom. The largest absolute Gasteiger partial charge is 0.339 e. The number of benzene rings is 1. The van der Waals surface area contributed by atoms with Crippen molar-refractivity contribution in [2.24, 2.45) is 11.1 Å². The molecule has 1 aromatic carbocycles. The predicted octanol–water partition coefficient (Wildman–Crippen LogP) is 4.52. The molecule has 1 unspecified atom stereocenters.